The predicted molar refractivity (Wildman–Crippen MR) is 49.6 cm³/mol. The second-order valence-corrected chi connectivity index (χ2v) is 5.12. The van der Waals surface area contributed by atoms with Crippen molar-refractivity contribution in [3.8, 4) is 0 Å². The number of carboxylic acid groups (broad SMARTS) is 1. The van der Waals surface area contributed by atoms with Gasteiger partial charge in [-0.15, -0.1) is 0 Å². The van der Waals surface area contributed by atoms with Gasteiger partial charge >= 0.3 is 5.97 Å². The monoisotopic (exact) mass is 192 g/mol. The molecule has 0 amide bonds. The fourth-order valence-corrected chi connectivity index (χ4v) is 1.92. The number of rotatable bonds is 5. The molecule has 0 spiro atoms. The van der Waals surface area contributed by atoms with Gasteiger partial charge in [-0.2, -0.15) is 0 Å². The van der Waals surface area contributed by atoms with Crippen LogP contribution in [0.2, 0.25) is 0 Å². The summed E-state index contributed by atoms with van der Waals surface area (Å²) in [6.45, 7) is 5.55. The van der Waals surface area contributed by atoms with Gasteiger partial charge in [0.05, 0.1) is 0 Å². The predicted octanol–water partition coefficient (Wildman–Crippen LogP) is 1.25. The Labute approximate surface area is 75.6 Å². The fourth-order valence-electron chi connectivity index (χ4n) is 0.641. The van der Waals surface area contributed by atoms with E-state index >= 15 is 0 Å². The largest absolute Gasteiger partial charge is 0.480 e. The Balaban J connectivity index is 3.80. The first-order valence-corrected chi connectivity index (χ1v) is 5.43. The van der Waals surface area contributed by atoms with Crippen molar-refractivity contribution in [1.82, 2.24) is 0 Å². The number of hydrogen-bond acceptors (Lipinski definition) is 2. The van der Waals surface area contributed by atoms with Gasteiger partial charge in [0, 0.05) is 16.6 Å². The Bertz CT molecular complexity index is 177. The topological polar surface area (TPSA) is 54.4 Å². The van der Waals surface area contributed by atoms with E-state index in [4.69, 9.17) is 5.11 Å². The summed E-state index contributed by atoms with van der Waals surface area (Å²) in [6, 6.07) is 0. The average molecular weight is 192 g/mol. The van der Waals surface area contributed by atoms with E-state index in [0.29, 0.717) is 11.7 Å². The summed E-state index contributed by atoms with van der Waals surface area (Å²) in [5, 5.41) is 7.79. The zero-order valence-electron chi connectivity index (χ0n) is 7.74. The van der Waals surface area contributed by atoms with E-state index in [1.807, 2.05) is 13.8 Å². The minimum absolute atomic E-state index is 0.481. The van der Waals surface area contributed by atoms with Crippen LogP contribution in [0.1, 0.15) is 27.2 Å². The van der Waals surface area contributed by atoms with Crippen molar-refractivity contribution in [1.29, 1.82) is 0 Å². The molecular weight excluding hydrogens is 176 g/mol. The van der Waals surface area contributed by atoms with E-state index in [1.165, 1.54) is 6.92 Å². The Morgan fingerprint density at radius 3 is 2.25 bits per heavy atom. The molecule has 72 valence electrons. The Kier molecular flexibility index (Phi) is 5.13. The molecule has 2 atom stereocenters. The first-order chi connectivity index (χ1) is 5.45. The van der Waals surface area contributed by atoms with Crippen molar-refractivity contribution in [2.24, 2.45) is 5.92 Å². The van der Waals surface area contributed by atoms with E-state index in [0.717, 1.165) is 6.42 Å². The summed E-state index contributed by atoms with van der Waals surface area (Å²) in [4.78, 5) is 10.4. The molecule has 0 aliphatic heterocycles. The third kappa shape index (κ3) is 4.49. The maximum Gasteiger partial charge on any atom is 0.318 e. The van der Waals surface area contributed by atoms with Crippen LogP contribution in [-0.4, -0.2) is 26.3 Å². The fraction of sp³-hybridized carbons (Fsp3) is 0.875. The normalized spacial score (nSPS) is 16.0. The second-order valence-electron chi connectivity index (χ2n) is 3.25. The van der Waals surface area contributed by atoms with Crippen LogP contribution in [0.15, 0.2) is 0 Å². The summed E-state index contributed by atoms with van der Waals surface area (Å²) in [5.74, 6) is -0.00228. The molecule has 1 N–H and O–H groups in total. The number of aliphatic carboxylic acids is 1. The molecule has 0 aromatic carbocycles. The van der Waals surface area contributed by atoms with Crippen LogP contribution in [0.5, 0.6) is 0 Å². The van der Waals surface area contributed by atoms with Gasteiger partial charge in [-0.3, -0.25) is 9.00 Å². The van der Waals surface area contributed by atoms with Crippen LogP contribution in [0, 0.1) is 5.92 Å². The van der Waals surface area contributed by atoms with Crippen LogP contribution in [0.4, 0.5) is 0 Å². The SMILES string of the molecule is CC(C)CCS(=O)C(C)C(=O)O. The second kappa shape index (κ2) is 5.30. The van der Waals surface area contributed by atoms with Gasteiger partial charge < -0.3 is 5.11 Å². The molecule has 0 aliphatic rings. The van der Waals surface area contributed by atoms with Crippen LogP contribution in [0.25, 0.3) is 0 Å². The van der Waals surface area contributed by atoms with Crippen molar-refractivity contribution >= 4 is 16.8 Å². The molecule has 0 radical (unpaired) electrons. The molecule has 0 saturated heterocycles. The zero-order valence-corrected chi connectivity index (χ0v) is 8.56. The Morgan fingerprint density at radius 2 is 1.92 bits per heavy atom. The maximum atomic E-state index is 11.2. The van der Waals surface area contributed by atoms with Crippen molar-refractivity contribution in [3.63, 3.8) is 0 Å². The lowest BCUT2D eigenvalue weighted by atomic mass is 10.2. The Morgan fingerprint density at radius 1 is 1.42 bits per heavy atom. The molecule has 0 bridgehead atoms. The van der Waals surface area contributed by atoms with Crippen molar-refractivity contribution < 1.29 is 14.1 Å². The molecule has 0 heterocycles. The molecule has 0 fully saturated rings. The van der Waals surface area contributed by atoms with Gasteiger partial charge in [0.25, 0.3) is 0 Å². The van der Waals surface area contributed by atoms with Crippen molar-refractivity contribution in [2.45, 2.75) is 32.4 Å². The summed E-state index contributed by atoms with van der Waals surface area (Å²) >= 11 is 0. The molecule has 2 unspecified atom stereocenters. The van der Waals surface area contributed by atoms with Crippen LogP contribution in [-0.2, 0) is 15.6 Å². The third-order valence-electron chi connectivity index (χ3n) is 1.64. The average Bonchev–Trinajstić information content (AvgIpc) is 1.98. The minimum atomic E-state index is -1.22. The first kappa shape index (κ1) is 11.6. The van der Waals surface area contributed by atoms with Crippen molar-refractivity contribution in [3.05, 3.63) is 0 Å². The Hall–Kier alpha value is -0.380. The highest BCUT2D eigenvalue weighted by atomic mass is 32.2. The molecule has 3 nitrogen and oxygen atoms in total. The summed E-state index contributed by atoms with van der Waals surface area (Å²) in [6.07, 6.45) is 0.824. The molecule has 0 aromatic rings. The van der Waals surface area contributed by atoms with E-state index in [9.17, 15) is 9.00 Å². The number of carbonyl (C=O) groups is 1. The summed E-state index contributed by atoms with van der Waals surface area (Å²) in [5.41, 5.74) is 0. The standard InChI is InChI=1S/C8H16O3S/c1-6(2)4-5-12(11)7(3)8(9)10/h6-7H,4-5H2,1-3H3,(H,9,10). The maximum absolute atomic E-state index is 11.2. The quantitative estimate of drug-likeness (QED) is 0.713. The van der Waals surface area contributed by atoms with Crippen molar-refractivity contribution in [2.75, 3.05) is 5.75 Å². The van der Waals surface area contributed by atoms with E-state index in [2.05, 4.69) is 0 Å². The first-order valence-electron chi connectivity index (χ1n) is 4.05. The number of hydrogen-bond donors (Lipinski definition) is 1. The molecule has 0 rings (SSSR count). The molecule has 0 saturated carbocycles. The highest BCUT2D eigenvalue weighted by Gasteiger charge is 2.18. The molecule has 12 heavy (non-hydrogen) atoms. The minimum Gasteiger partial charge on any atom is -0.480 e. The summed E-state index contributed by atoms with van der Waals surface area (Å²) in [7, 11) is -1.22. The van der Waals surface area contributed by atoms with Crippen LogP contribution < -0.4 is 0 Å². The smallest absolute Gasteiger partial charge is 0.318 e. The lowest BCUT2D eigenvalue weighted by Crippen LogP contribution is -2.24. The van der Waals surface area contributed by atoms with Gasteiger partial charge in [-0.1, -0.05) is 13.8 Å². The third-order valence-corrected chi connectivity index (χ3v) is 3.27. The van der Waals surface area contributed by atoms with Gasteiger partial charge in [0.2, 0.25) is 0 Å². The highest BCUT2D eigenvalue weighted by Crippen LogP contribution is 2.04. The molecule has 0 aliphatic carbocycles. The molecule has 4 heteroatoms. The van der Waals surface area contributed by atoms with Gasteiger partial charge in [-0.05, 0) is 19.3 Å². The summed E-state index contributed by atoms with van der Waals surface area (Å²) < 4.78 is 11.2. The van der Waals surface area contributed by atoms with Gasteiger partial charge in [0.15, 0.2) is 0 Å². The van der Waals surface area contributed by atoms with Crippen LogP contribution >= 0.6 is 0 Å². The van der Waals surface area contributed by atoms with Crippen LogP contribution in [0.3, 0.4) is 0 Å². The highest BCUT2D eigenvalue weighted by molar-refractivity contribution is 7.86. The van der Waals surface area contributed by atoms with E-state index in [-0.39, 0.29) is 0 Å². The zero-order chi connectivity index (χ0) is 9.72. The molecular formula is C8H16O3S. The van der Waals surface area contributed by atoms with E-state index in [1.54, 1.807) is 0 Å². The lowest BCUT2D eigenvalue weighted by Gasteiger charge is -2.07. The number of carboxylic acids is 1. The molecule has 0 aromatic heterocycles. The lowest BCUT2D eigenvalue weighted by molar-refractivity contribution is -0.136. The van der Waals surface area contributed by atoms with Gasteiger partial charge in [-0.25, -0.2) is 0 Å². The van der Waals surface area contributed by atoms with Gasteiger partial charge in [0.1, 0.15) is 5.25 Å². The van der Waals surface area contributed by atoms with E-state index < -0.39 is 22.0 Å².